The maximum atomic E-state index is 14.2. The SMILES string of the molecule is CN(C(=O)OC(C)(C)C)C(CCNC(=O)OC(=O)[C@H](Cc1ccc(O)cc1)NC(=O)OC(C)(C)C)C(=O)N[C@@H](CSC(c1ccccc1)(c1ccccc1)c1ccccc1)C(N)=O. The molecule has 0 spiro atoms. The molecule has 5 amide bonds. The smallest absolute Gasteiger partial charge is 0.414 e. The van der Waals surface area contributed by atoms with Crippen LogP contribution in [0.25, 0.3) is 0 Å². The molecule has 16 heteroatoms. The van der Waals surface area contributed by atoms with Crippen LogP contribution in [0.3, 0.4) is 0 Å². The molecule has 0 heterocycles. The number of carbonyl (C=O) groups excluding carboxylic acids is 6. The summed E-state index contributed by atoms with van der Waals surface area (Å²) in [6.45, 7) is 9.61. The summed E-state index contributed by atoms with van der Waals surface area (Å²) in [7, 11) is 1.34. The Morgan fingerprint density at radius 3 is 1.63 bits per heavy atom. The highest BCUT2D eigenvalue weighted by atomic mass is 32.2. The van der Waals surface area contributed by atoms with Gasteiger partial charge in [0.25, 0.3) is 0 Å². The summed E-state index contributed by atoms with van der Waals surface area (Å²) in [5.74, 6) is -2.70. The molecule has 4 rings (SSSR count). The number of alkyl carbamates (subject to hydrolysis) is 2. The van der Waals surface area contributed by atoms with E-state index >= 15 is 0 Å². The number of thioether (sulfide) groups is 1. The fourth-order valence-corrected chi connectivity index (χ4v) is 7.99. The molecular formula is C47H57N5O10S. The van der Waals surface area contributed by atoms with Gasteiger partial charge in [0, 0.05) is 25.8 Å². The fourth-order valence-electron chi connectivity index (χ4n) is 6.42. The first-order chi connectivity index (χ1) is 29.7. The first kappa shape index (κ1) is 49.1. The Morgan fingerprint density at radius 1 is 0.683 bits per heavy atom. The lowest BCUT2D eigenvalue weighted by Crippen LogP contribution is -2.55. The zero-order valence-corrected chi connectivity index (χ0v) is 37.4. The van der Waals surface area contributed by atoms with Gasteiger partial charge in [-0.25, -0.2) is 19.2 Å². The van der Waals surface area contributed by atoms with Crippen molar-refractivity contribution in [3.8, 4) is 5.75 Å². The molecule has 0 aliphatic heterocycles. The van der Waals surface area contributed by atoms with Gasteiger partial charge in [-0.15, -0.1) is 11.8 Å². The summed E-state index contributed by atoms with van der Waals surface area (Å²) in [4.78, 5) is 80.6. The zero-order chi connectivity index (χ0) is 46.4. The van der Waals surface area contributed by atoms with Crippen molar-refractivity contribution in [3.05, 3.63) is 138 Å². The number of phenolic OH excluding ortho intramolecular Hbond substituents is 1. The average Bonchev–Trinajstić information content (AvgIpc) is 3.22. The zero-order valence-electron chi connectivity index (χ0n) is 36.6. The minimum absolute atomic E-state index is 0.0119. The van der Waals surface area contributed by atoms with Gasteiger partial charge in [0.05, 0.1) is 4.75 Å². The van der Waals surface area contributed by atoms with E-state index < -0.39 is 70.1 Å². The Labute approximate surface area is 372 Å². The van der Waals surface area contributed by atoms with E-state index in [9.17, 15) is 33.9 Å². The van der Waals surface area contributed by atoms with Gasteiger partial charge >= 0.3 is 24.2 Å². The number of nitrogens with one attached hydrogen (secondary N) is 3. The number of aromatic hydroxyl groups is 1. The molecule has 0 fully saturated rings. The number of nitrogens with two attached hydrogens (primary N) is 1. The Kier molecular flexibility index (Phi) is 17.1. The van der Waals surface area contributed by atoms with Crippen LogP contribution < -0.4 is 21.7 Å². The van der Waals surface area contributed by atoms with E-state index in [4.69, 9.17) is 19.9 Å². The first-order valence-corrected chi connectivity index (χ1v) is 21.3. The standard InChI is InChI=1S/C47H57N5O10S/c1-45(2,3)61-43(58)51-36(29-31-23-25-35(53)26-24-31)41(56)60-42(57)49-28-27-38(52(7)44(59)62-46(4,5)6)40(55)50-37(39(48)54)30-63-47(32-17-11-8-12-18-32,33-19-13-9-14-20-33)34-21-15-10-16-22-34/h8-26,36-38,53H,27-30H2,1-7H3,(H2,48,54)(H,49,57)(H,50,55)(H,51,58)/t36-,37-,38?/m0/s1. The minimum Gasteiger partial charge on any atom is -0.508 e. The Bertz CT molecular complexity index is 2070. The summed E-state index contributed by atoms with van der Waals surface area (Å²) >= 11 is 1.41. The minimum atomic E-state index is -1.38. The number of primary amides is 1. The number of amides is 5. The number of hydrogen-bond donors (Lipinski definition) is 5. The van der Waals surface area contributed by atoms with Crippen molar-refractivity contribution in [1.29, 1.82) is 0 Å². The van der Waals surface area contributed by atoms with Gasteiger partial charge in [0.1, 0.15) is 35.1 Å². The lowest BCUT2D eigenvalue weighted by molar-refractivity contribution is -0.139. The predicted molar refractivity (Wildman–Crippen MR) is 240 cm³/mol. The van der Waals surface area contributed by atoms with Gasteiger partial charge in [0.2, 0.25) is 11.8 Å². The molecule has 4 aromatic rings. The predicted octanol–water partition coefficient (Wildman–Crippen LogP) is 6.40. The molecule has 63 heavy (non-hydrogen) atoms. The van der Waals surface area contributed by atoms with Gasteiger partial charge in [-0.05, 0) is 82.3 Å². The highest BCUT2D eigenvalue weighted by Crippen LogP contribution is 2.48. The Balaban J connectivity index is 1.54. The van der Waals surface area contributed by atoms with Crippen molar-refractivity contribution < 1.29 is 48.1 Å². The van der Waals surface area contributed by atoms with E-state index in [0.29, 0.717) is 5.56 Å². The number of ether oxygens (including phenoxy) is 3. The van der Waals surface area contributed by atoms with Crippen LogP contribution in [0.4, 0.5) is 14.4 Å². The maximum Gasteiger partial charge on any atom is 0.414 e. The van der Waals surface area contributed by atoms with Gasteiger partial charge in [-0.2, -0.15) is 0 Å². The van der Waals surface area contributed by atoms with Crippen LogP contribution in [-0.4, -0.2) is 94.7 Å². The van der Waals surface area contributed by atoms with E-state index in [2.05, 4.69) is 16.0 Å². The van der Waals surface area contributed by atoms with Gasteiger partial charge in [-0.3, -0.25) is 14.5 Å². The van der Waals surface area contributed by atoms with Gasteiger partial charge in [0.15, 0.2) is 0 Å². The van der Waals surface area contributed by atoms with Crippen LogP contribution >= 0.6 is 11.8 Å². The normalized spacial score (nSPS) is 13.0. The molecular weight excluding hydrogens is 827 g/mol. The number of likely N-dealkylation sites (N-methyl/N-ethyl adjacent to an activating group) is 1. The van der Waals surface area contributed by atoms with Crippen molar-refractivity contribution in [2.24, 2.45) is 5.73 Å². The number of carbonyl (C=O) groups is 6. The number of nitrogens with zero attached hydrogens (tertiary/aromatic N) is 1. The summed E-state index contributed by atoms with van der Waals surface area (Å²) in [6, 6.07) is 31.2. The van der Waals surface area contributed by atoms with E-state index in [1.165, 1.54) is 43.1 Å². The average molecular weight is 884 g/mol. The van der Waals surface area contributed by atoms with Gasteiger partial charge in [-0.1, -0.05) is 103 Å². The van der Waals surface area contributed by atoms with E-state index in [-0.39, 0.29) is 30.9 Å². The molecule has 0 saturated carbocycles. The molecule has 0 aliphatic rings. The molecule has 336 valence electrons. The molecule has 0 aromatic heterocycles. The summed E-state index contributed by atoms with van der Waals surface area (Å²) in [5, 5.41) is 17.3. The van der Waals surface area contributed by atoms with Crippen molar-refractivity contribution in [1.82, 2.24) is 20.9 Å². The van der Waals surface area contributed by atoms with Crippen LogP contribution in [0.1, 0.15) is 70.2 Å². The maximum absolute atomic E-state index is 14.2. The summed E-state index contributed by atoms with van der Waals surface area (Å²) in [5.41, 5.74) is 7.44. The second-order valence-corrected chi connectivity index (χ2v) is 17.9. The fraction of sp³-hybridized carbons (Fsp3) is 0.362. The number of hydrogen-bond acceptors (Lipinski definition) is 11. The van der Waals surface area contributed by atoms with Gasteiger partial charge < -0.3 is 41.0 Å². The Morgan fingerprint density at radius 2 is 1.17 bits per heavy atom. The molecule has 0 saturated heterocycles. The molecule has 0 bridgehead atoms. The highest BCUT2D eigenvalue weighted by Gasteiger charge is 2.39. The molecule has 0 radical (unpaired) electrons. The molecule has 6 N–H and O–H groups in total. The molecule has 1 unspecified atom stereocenters. The molecule has 15 nitrogen and oxygen atoms in total. The monoisotopic (exact) mass is 883 g/mol. The number of rotatable bonds is 17. The van der Waals surface area contributed by atoms with Crippen LogP contribution in [-0.2, 0) is 39.8 Å². The lowest BCUT2D eigenvalue weighted by Gasteiger charge is -2.36. The number of benzene rings is 4. The summed E-state index contributed by atoms with van der Waals surface area (Å²) < 4.78 is 15.0. The molecule has 3 atom stereocenters. The van der Waals surface area contributed by atoms with Crippen LogP contribution in [0.2, 0.25) is 0 Å². The van der Waals surface area contributed by atoms with Crippen LogP contribution in [0.15, 0.2) is 115 Å². The van der Waals surface area contributed by atoms with Crippen LogP contribution in [0.5, 0.6) is 5.75 Å². The third-order valence-electron chi connectivity index (χ3n) is 9.35. The number of esters is 1. The second kappa shape index (κ2) is 22.0. The molecule has 4 aromatic carbocycles. The van der Waals surface area contributed by atoms with E-state index in [0.717, 1.165) is 21.6 Å². The summed E-state index contributed by atoms with van der Waals surface area (Å²) in [6.07, 6.45) is -3.32. The highest BCUT2D eigenvalue weighted by molar-refractivity contribution is 8.00. The number of phenols is 1. The van der Waals surface area contributed by atoms with E-state index in [1.54, 1.807) is 41.5 Å². The third-order valence-corrected chi connectivity index (χ3v) is 11.0. The van der Waals surface area contributed by atoms with Crippen molar-refractivity contribution in [3.63, 3.8) is 0 Å². The second-order valence-electron chi connectivity index (χ2n) is 16.7. The van der Waals surface area contributed by atoms with Crippen molar-refractivity contribution in [2.75, 3.05) is 19.3 Å². The van der Waals surface area contributed by atoms with Crippen LogP contribution in [0, 0.1) is 0 Å². The van der Waals surface area contributed by atoms with Crippen molar-refractivity contribution >= 4 is 47.8 Å². The Hall–Kier alpha value is -6.55. The molecule has 0 aliphatic carbocycles. The first-order valence-electron chi connectivity index (χ1n) is 20.3. The van der Waals surface area contributed by atoms with E-state index in [1.807, 2.05) is 91.0 Å². The topological polar surface area (TPSA) is 216 Å². The quantitative estimate of drug-likeness (QED) is 0.0338. The largest absolute Gasteiger partial charge is 0.508 e. The lowest BCUT2D eigenvalue weighted by atomic mass is 9.84. The van der Waals surface area contributed by atoms with Crippen molar-refractivity contribution in [2.45, 2.75) is 88.5 Å². The third kappa shape index (κ3) is 14.8.